The van der Waals surface area contributed by atoms with Crippen molar-refractivity contribution < 1.29 is 4.42 Å². The van der Waals surface area contributed by atoms with Crippen LogP contribution in [0.2, 0.25) is 0 Å². The van der Waals surface area contributed by atoms with Gasteiger partial charge in [0.05, 0.1) is 11.7 Å². The van der Waals surface area contributed by atoms with Gasteiger partial charge in [-0.1, -0.05) is 52.3 Å². The van der Waals surface area contributed by atoms with Crippen molar-refractivity contribution in [1.82, 2.24) is 10.3 Å². The minimum absolute atomic E-state index is 0.132. The number of nitrogens with one attached hydrogen (secondary N) is 1. The summed E-state index contributed by atoms with van der Waals surface area (Å²) in [6, 6.07) is 26.1. The molecule has 31 heavy (non-hydrogen) atoms. The molecule has 2 aromatic heterocycles. The molecule has 6 heteroatoms. The molecule has 1 aliphatic heterocycles. The van der Waals surface area contributed by atoms with E-state index in [9.17, 15) is 0 Å². The summed E-state index contributed by atoms with van der Waals surface area (Å²) >= 11 is 9.38. The van der Waals surface area contributed by atoms with E-state index in [4.69, 9.17) is 16.6 Å². The standard InChI is InChI=1S/C25H20BrN3OS/c1-16-15-18(10-11-19(16)26)29-24(23(28-25(29)31)20-9-5-6-14-27-20)22-13-12-21(30-22)17-7-3-2-4-8-17/h2-15,23-24H,1H3,(H,28,31)/t23-,24+/m1/s1. The zero-order valence-electron chi connectivity index (χ0n) is 16.8. The van der Waals surface area contributed by atoms with Crippen LogP contribution in [0.1, 0.15) is 29.1 Å². The van der Waals surface area contributed by atoms with E-state index in [1.54, 1.807) is 6.20 Å². The second-order valence-corrected chi connectivity index (χ2v) is 8.74. The summed E-state index contributed by atoms with van der Waals surface area (Å²) in [6.45, 7) is 2.08. The van der Waals surface area contributed by atoms with E-state index < -0.39 is 0 Å². The third-order valence-electron chi connectivity index (χ3n) is 5.49. The summed E-state index contributed by atoms with van der Waals surface area (Å²) < 4.78 is 7.45. The number of halogens is 1. The van der Waals surface area contributed by atoms with Gasteiger partial charge in [-0.25, -0.2) is 0 Å². The maximum absolute atomic E-state index is 6.38. The maximum Gasteiger partial charge on any atom is 0.174 e. The molecule has 0 spiro atoms. The first-order valence-corrected chi connectivity index (χ1v) is 11.2. The van der Waals surface area contributed by atoms with Crippen molar-refractivity contribution in [3.8, 4) is 11.3 Å². The van der Waals surface area contributed by atoms with Crippen molar-refractivity contribution in [3.05, 3.63) is 107 Å². The molecule has 154 valence electrons. The van der Waals surface area contributed by atoms with Gasteiger partial charge >= 0.3 is 0 Å². The molecule has 1 aliphatic rings. The lowest BCUT2D eigenvalue weighted by molar-refractivity contribution is 0.439. The van der Waals surface area contributed by atoms with Crippen molar-refractivity contribution in [3.63, 3.8) is 0 Å². The second kappa shape index (κ2) is 8.29. The Morgan fingerprint density at radius 1 is 1.00 bits per heavy atom. The summed E-state index contributed by atoms with van der Waals surface area (Å²) in [5, 5.41) is 4.13. The molecular weight excluding hydrogens is 470 g/mol. The Morgan fingerprint density at radius 2 is 1.81 bits per heavy atom. The minimum atomic E-state index is -0.166. The van der Waals surface area contributed by atoms with Crippen LogP contribution < -0.4 is 10.2 Å². The molecule has 0 radical (unpaired) electrons. The van der Waals surface area contributed by atoms with Gasteiger partial charge in [-0.05, 0) is 67.2 Å². The molecule has 0 amide bonds. The number of benzene rings is 2. The molecule has 1 fully saturated rings. The number of furan rings is 1. The third kappa shape index (κ3) is 3.77. The van der Waals surface area contributed by atoms with Gasteiger partial charge in [0.2, 0.25) is 0 Å². The molecule has 1 saturated heterocycles. The van der Waals surface area contributed by atoms with Crippen molar-refractivity contribution in [2.75, 3.05) is 4.90 Å². The van der Waals surface area contributed by atoms with E-state index in [-0.39, 0.29) is 12.1 Å². The molecule has 1 N–H and O–H groups in total. The number of hydrogen-bond acceptors (Lipinski definition) is 3. The normalized spacial score (nSPS) is 18.3. The van der Waals surface area contributed by atoms with Gasteiger partial charge < -0.3 is 14.6 Å². The first-order valence-electron chi connectivity index (χ1n) is 10.0. The fraction of sp³-hybridized carbons (Fsp3) is 0.120. The lowest BCUT2D eigenvalue weighted by Crippen LogP contribution is -2.29. The minimum Gasteiger partial charge on any atom is -0.459 e. The van der Waals surface area contributed by atoms with Gasteiger partial charge in [0.25, 0.3) is 0 Å². The van der Waals surface area contributed by atoms with E-state index in [1.165, 1.54) is 0 Å². The Balaban J connectivity index is 1.61. The summed E-state index contributed by atoms with van der Waals surface area (Å²) in [7, 11) is 0. The Labute approximate surface area is 195 Å². The topological polar surface area (TPSA) is 41.3 Å². The fourth-order valence-corrected chi connectivity index (χ4v) is 4.56. The van der Waals surface area contributed by atoms with Gasteiger partial charge in [-0.3, -0.25) is 4.98 Å². The van der Waals surface area contributed by atoms with E-state index >= 15 is 0 Å². The molecule has 0 aliphatic carbocycles. The van der Waals surface area contributed by atoms with Crippen LogP contribution in [-0.2, 0) is 0 Å². The molecule has 0 saturated carbocycles. The van der Waals surface area contributed by atoms with Crippen molar-refractivity contribution >= 4 is 38.9 Å². The number of anilines is 1. The van der Waals surface area contributed by atoms with E-state index in [0.717, 1.165) is 38.5 Å². The first-order chi connectivity index (χ1) is 15.1. The van der Waals surface area contributed by atoms with E-state index in [0.29, 0.717) is 5.11 Å². The van der Waals surface area contributed by atoms with Crippen LogP contribution in [-0.4, -0.2) is 10.1 Å². The number of aromatic nitrogens is 1. The lowest BCUT2D eigenvalue weighted by atomic mass is 10.0. The first kappa shape index (κ1) is 20.0. The molecule has 4 aromatic rings. The zero-order chi connectivity index (χ0) is 21.4. The predicted molar refractivity (Wildman–Crippen MR) is 131 cm³/mol. The molecule has 2 atom stereocenters. The highest BCUT2D eigenvalue weighted by Gasteiger charge is 2.42. The van der Waals surface area contributed by atoms with Crippen LogP contribution in [0.5, 0.6) is 0 Å². The van der Waals surface area contributed by atoms with Gasteiger partial charge in [-0.2, -0.15) is 0 Å². The smallest absolute Gasteiger partial charge is 0.174 e. The lowest BCUT2D eigenvalue weighted by Gasteiger charge is -2.26. The van der Waals surface area contributed by atoms with E-state index in [1.807, 2.05) is 60.7 Å². The highest BCUT2D eigenvalue weighted by molar-refractivity contribution is 9.10. The largest absolute Gasteiger partial charge is 0.459 e. The molecule has 3 heterocycles. The maximum atomic E-state index is 6.38. The monoisotopic (exact) mass is 489 g/mol. The van der Waals surface area contributed by atoms with Gasteiger partial charge in [-0.15, -0.1) is 0 Å². The van der Waals surface area contributed by atoms with Crippen LogP contribution in [0, 0.1) is 6.92 Å². The van der Waals surface area contributed by atoms with E-state index in [2.05, 4.69) is 56.3 Å². The fourth-order valence-electron chi connectivity index (χ4n) is 3.97. The van der Waals surface area contributed by atoms with Gasteiger partial charge in [0.15, 0.2) is 5.11 Å². The Hall–Kier alpha value is -2.96. The average molecular weight is 490 g/mol. The highest BCUT2D eigenvalue weighted by Crippen LogP contribution is 2.43. The molecule has 0 bridgehead atoms. The Kier molecular flexibility index (Phi) is 5.34. The van der Waals surface area contributed by atoms with Crippen LogP contribution in [0.3, 0.4) is 0 Å². The average Bonchev–Trinajstić information content (AvgIpc) is 3.41. The molecule has 5 rings (SSSR count). The molecular formula is C25H20BrN3OS. The highest BCUT2D eigenvalue weighted by atomic mass is 79.9. The number of hydrogen-bond donors (Lipinski definition) is 1. The van der Waals surface area contributed by atoms with Crippen molar-refractivity contribution in [1.29, 1.82) is 0 Å². The predicted octanol–water partition coefficient (Wildman–Crippen LogP) is 6.59. The number of nitrogens with zero attached hydrogens (tertiary/aromatic N) is 2. The van der Waals surface area contributed by atoms with Crippen LogP contribution in [0.4, 0.5) is 5.69 Å². The SMILES string of the molecule is Cc1cc(N2C(=S)N[C@H](c3ccccn3)[C@@H]2c2ccc(-c3ccccc3)o2)ccc1Br. The van der Waals surface area contributed by atoms with Crippen LogP contribution in [0.15, 0.2) is 93.9 Å². The third-order valence-corrected chi connectivity index (χ3v) is 6.70. The molecule has 4 nitrogen and oxygen atoms in total. The van der Waals surface area contributed by atoms with Crippen LogP contribution in [0.25, 0.3) is 11.3 Å². The zero-order valence-corrected chi connectivity index (χ0v) is 19.2. The molecule has 2 aromatic carbocycles. The second-order valence-electron chi connectivity index (χ2n) is 7.50. The van der Waals surface area contributed by atoms with Crippen LogP contribution >= 0.6 is 28.1 Å². The van der Waals surface area contributed by atoms with Gasteiger partial charge in [0.1, 0.15) is 17.6 Å². The Morgan fingerprint density at radius 3 is 2.55 bits per heavy atom. The van der Waals surface area contributed by atoms with Crippen molar-refractivity contribution in [2.45, 2.75) is 19.0 Å². The van der Waals surface area contributed by atoms with Crippen molar-refractivity contribution in [2.24, 2.45) is 0 Å². The number of rotatable bonds is 4. The number of thiocarbonyl (C=S) groups is 1. The molecule has 0 unspecified atom stereocenters. The summed E-state index contributed by atoms with van der Waals surface area (Å²) in [6.07, 6.45) is 1.81. The number of pyridine rings is 1. The summed E-state index contributed by atoms with van der Waals surface area (Å²) in [5.74, 6) is 1.67. The van der Waals surface area contributed by atoms with Gasteiger partial charge in [0, 0.05) is 21.9 Å². The summed E-state index contributed by atoms with van der Waals surface area (Å²) in [4.78, 5) is 6.72. The summed E-state index contributed by atoms with van der Waals surface area (Å²) in [5.41, 5.74) is 4.12. The Bertz CT molecular complexity index is 1230. The number of aryl methyl sites for hydroxylation is 1. The quantitative estimate of drug-likeness (QED) is 0.327.